The molecule has 1 fully saturated rings. The van der Waals surface area contributed by atoms with Gasteiger partial charge < -0.3 is 0 Å². The Balaban J connectivity index is 1.96. The number of hydrogen-bond donors (Lipinski definition) is 0. The standard InChI is InChI=1S/C28H40F2/c1-5-7-8-10-22-12-14-23(15-13-22)16-18-25-19-20-26(28(30)27(25)29)24(9-6-2)17-11-21(3)4/h9,11,17,19-20,22-23H,3,5-8,10,12-16,18H2,1-2,4H3/b17-11-,24-9+. The van der Waals surface area contributed by atoms with E-state index >= 15 is 0 Å². The number of rotatable bonds is 11. The molecule has 1 saturated carbocycles. The molecule has 0 nitrogen and oxygen atoms in total. The van der Waals surface area contributed by atoms with Crippen molar-refractivity contribution in [2.45, 2.75) is 91.4 Å². The van der Waals surface area contributed by atoms with Gasteiger partial charge in [-0.15, -0.1) is 0 Å². The fraction of sp³-hybridized carbons (Fsp3) is 0.571. The maximum atomic E-state index is 14.9. The second-order valence-corrected chi connectivity index (χ2v) is 9.07. The lowest BCUT2D eigenvalue weighted by Crippen LogP contribution is -2.15. The van der Waals surface area contributed by atoms with Crippen molar-refractivity contribution >= 4 is 5.57 Å². The molecule has 0 spiro atoms. The van der Waals surface area contributed by atoms with E-state index in [1.165, 1.54) is 51.4 Å². The predicted octanol–water partition coefficient (Wildman–Crippen LogP) is 9.21. The first-order valence-electron chi connectivity index (χ1n) is 12.0. The van der Waals surface area contributed by atoms with Gasteiger partial charge in [0, 0.05) is 5.56 Å². The van der Waals surface area contributed by atoms with Crippen LogP contribution in [0.4, 0.5) is 8.78 Å². The smallest absolute Gasteiger partial charge is 0.166 e. The minimum absolute atomic E-state index is 0.336. The summed E-state index contributed by atoms with van der Waals surface area (Å²) in [5, 5.41) is 0. The van der Waals surface area contributed by atoms with Crippen LogP contribution in [-0.2, 0) is 6.42 Å². The van der Waals surface area contributed by atoms with Gasteiger partial charge >= 0.3 is 0 Å². The Kier molecular flexibility index (Phi) is 10.5. The molecule has 1 aromatic rings. The average Bonchev–Trinajstić information content (AvgIpc) is 2.73. The molecule has 0 aromatic heterocycles. The topological polar surface area (TPSA) is 0 Å². The molecule has 1 aliphatic carbocycles. The third-order valence-electron chi connectivity index (χ3n) is 6.45. The molecule has 2 rings (SSSR count). The molecule has 0 bridgehead atoms. The van der Waals surface area contributed by atoms with Crippen molar-refractivity contribution in [3.8, 4) is 0 Å². The highest BCUT2D eigenvalue weighted by Crippen LogP contribution is 2.35. The number of benzene rings is 1. The van der Waals surface area contributed by atoms with E-state index in [9.17, 15) is 8.78 Å². The lowest BCUT2D eigenvalue weighted by atomic mass is 9.77. The van der Waals surface area contributed by atoms with E-state index in [0.717, 1.165) is 24.3 Å². The molecule has 0 heterocycles. The van der Waals surface area contributed by atoms with Crippen LogP contribution in [0.15, 0.2) is 42.5 Å². The lowest BCUT2D eigenvalue weighted by Gasteiger charge is -2.28. The summed E-state index contributed by atoms with van der Waals surface area (Å²) in [6.45, 7) is 9.98. The maximum Gasteiger partial charge on any atom is 0.166 e. The minimum Gasteiger partial charge on any atom is -0.203 e. The van der Waals surface area contributed by atoms with Crippen molar-refractivity contribution in [2.24, 2.45) is 11.8 Å². The molecule has 166 valence electrons. The molecule has 1 aliphatic rings. The second-order valence-electron chi connectivity index (χ2n) is 9.07. The highest BCUT2D eigenvalue weighted by atomic mass is 19.2. The number of allylic oxidation sites excluding steroid dienone is 5. The van der Waals surface area contributed by atoms with Gasteiger partial charge in [-0.25, -0.2) is 8.78 Å². The highest BCUT2D eigenvalue weighted by molar-refractivity contribution is 5.75. The summed E-state index contributed by atoms with van der Waals surface area (Å²) in [7, 11) is 0. The van der Waals surface area contributed by atoms with Crippen molar-refractivity contribution in [1.29, 1.82) is 0 Å². The number of aryl methyl sites for hydroxylation is 1. The second kappa shape index (κ2) is 12.9. The monoisotopic (exact) mass is 414 g/mol. The van der Waals surface area contributed by atoms with E-state index in [4.69, 9.17) is 0 Å². The number of halogens is 2. The van der Waals surface area contributed by atoms with Gasteiger partial charge in [0.25, 0.3) is 0 Å². The largest absolute Gasteiger partial charge is 0.203 e. The predicted molar refractivity (Wildman–Crippen MR) is 126 cm³/mol. The first-order valence-corrected chi connectivity index (χ1v) is 12.0. The summed E-state index contributed by atoms with van der Waals surface area (Å²) in [5.74, 6) is 0.144. The fourth-order valence-corrected chi connectivity index (χ4v) is 4.58. The average molecular weight is 415 g/mol. The third kappa shape index (κ3) is 7.52. The molecular formula is C28H40F2. The van der Waals surface area contributed by atoms with Crippen molar-refractivity contribution in [1.82, 2.24) is 0 Å². The molecule has 2 heteroatoms. The number of unbranched alkanes of at least 4 members (excludes halogenated alkanes) is 2. The Morgan fingerprint density at radius 2 is 1.63 bits per heavy atom. The molecule has 30 heavy (non-hydrogen) atoms. The van der Waals surface area contributed by atoms with Gasteiger partial charge in [-0.3, -0.25) is 0 Å². The van der Waals surface area contributed by atoms with Gasteiger partial charge in [0.05, 0.1) is 0 Å². The van der Waals surface area contributed by atoms with Crippen molar-refractivity contribution in [3.63, 3.8) is 0 Å². The SMILES string of the molecule is C=C(C)/C=C\C(=C/CC)c1ccc(CCC2CCC(CCCCC)CC2)c(F)c1F. The summed E-state index contributed by atoms with van der Waals surface area (Å²) in [6.07, 6.45) is 18.4. The zero-order valence-electron chi connectivity index (χ0n) is 19.3. The zero-order valence-corrected chi connectivity index (χ0v) is 19.3. The van der Waals surface area contributed by atoms with Crippen LogP contribution in [0.2, 0.25) is 0 Å². The third-order valence-corrected chi connectivity index (χ3v) is 6.45. The molecule has 1 aromatic carbocycles. The molecule has 0 aliphatic heterocycles. The highest BCUT2D eigenvalue weighted by Gasteiger charge is 2.22. The molecular weight excluding hydrogens is 374 g/mol. The lowest BCUT2D eigenvalue weighted by molar-refractivity contribution is 0.248. The van der Waals surface area contributed by atoms with Crippen molar-refractivity contribution < 1.29 is 8.78 Å². The van der Waals surface area contributed by atoms with Crippen LogP contribution >= 0.6 is 0 Å². The van der Waals surface area contributed by atoms with Crippen LogP contribution in [0.3, 0.4) is 0 Å². The van der Waals surface area contributed by atoms with Crippen LogP contribution < -0.4 is 0 Å². The van der Waals surface area contributed by atoms with E-state index in [-0.39, 0.29) is 0 Å². The van der Waals surface area contributed by atoms with Gasteiger partial charge in [0.2, 0.25) is 0 Å². The van der Waals surface area contributed by atoms with Crippen LogP contribution in [0.5, 0.6) is 0 Å². The Morgan fingerprint density at radius 1 is 0.967 bits per heavy atom. The van der Waals surface area contributed by atoms with Gasteiger partial charge in [-0.1, -0.05) is 108 Å². The Hall–Kier alpha value is -1.70. The molecule has 0 atom stereocenters. The van der Waals surface area contributed by atoms with Gasteiger partial charge in [-0.2, -0.15) is 0 Å². The van der Waals surface area contributed by atoms with Crippen LogP contribution in [0, 0.1) is 23.5 Å². The first kappa shape index (κ1) is 24.6. The quantitative estimate of drug-likeness (QED) is 0.250. The Bertz CT molecular complexity index is 733. The number of hydrogen-bond acceptors (Lipinski definition) is 0. The summed E-state index contributed by atoms with van der Waals surface area (Å²) in [4.78, 5) is 0. The van der Waals surface area contributed by atoms with E-state index in [0.29, 0.717) is 29.0 Å². The minimum atomic E-state index is -0.724. The van der Waals surface area contributed by atoms with E-state index in [1.54, 1.807) is 12.1 Å². The van der Waals surface area contributed by atoms with E-state index in [2.05, 4.69) is 13.5 Å². The first-order chi connectivity index (χ1) is 14.5. The molecule has 0 radical (unpaired) electrons. The summed E-state index contributed by atoms with van der Waals surface area (Å²) >= 11 is 0. The van der Waals surface area contributed by atoms with Crippen molar-refractivity contribution in [2.75, 3.05) is 0 Å². The van der Waals surface area contributed by atoms with Crippen molar-refractivity contribution in [3.05, 3.63) is 65.3 Å². The summed E-state index contributed by atoms with van der Waals surface area (Å²) < 4.78 is 29.7. The van der Waals surface area contributed by atoms with Gasteiger partial charge in [0.1, 0.15) is 0 Å². The molecule has 0 unspecified atom stereocenters. The van der Waals surface area contributed by atoms with Crippen LogP contribution in [-0.4, -0.2) is 0 Å². The summed E-state index contributed by atoms with van der Waals surface area (Å²) in [5.41, 5.74) is 2.45. The van der Waals surface area contributed by atoms with E-state index < -0.39 is 11.6 Å². The fourth-order valence-electron chi connectivity index (χ4n) is 4.58. The zero-order chi connectivity index (χ0) is 21.9. The van der Waals surface area contributed by atoms with E-state index in [1.807, 2.05) is 32.1 Å². The van der Waals surface area contributed by atoms with Crippen LogP contribution in [0.25, 0.3) is 5.57 Å². The van der Waals surface area contributed by atoms with Crippen LogP contribution in [0.1, 0.15) is 96.1 Å². The normalized spacial score (nSPS) is 20.1. The molecule has 0 N–H and O–H groups in total. The Morgan fingerprint density at radius 3 is 2.23 bits per heavy atom. The van der Waals surface area contributed by atoms with Gasteiger partial charge in [-0.05, 0) is 49.2 Å². The van der Waals surface area contributed by atoms with Gasteiger partial charge in [0.15, 0.2) is 11.6 Å². The Labute approximate surface area is 183 Å². The maximum absolute atomic E-state index is 14.9. The molecule has 0 saturated heterocycles. The molecule has 0 amide bonds. The summed E-state index contributed by atoms with van der Waals surface area (Å²) in [6, 6.07) is 3.52.